The molecule has 0 aromatic carbocycles. The molecule has 2 aliphatic heterocycles. The van der Waals surface area contributed by atoms with Crippen LogP contribution in [-0.4, -0.2) is 24.4 Å². The maximum absolute atomic E-state index is 5.74. The average Bonchev–Trinajstić information content (AvgIpc) is 2.75. The van der Waals surface area contributed by atoms with Crippen LogP contribution in [0.4, 0.5) is 0 Å². The Hall–Kier alpha value is -0.0800. The topological polar surface area (TPSA) is 21.8 Å². The van der Waals surface area contributed by atoms with E-state index in [4.69, 9.17) is 9.47 Å². The van der Waals surface area contributed by atoms with Gasteiger partial charge in [-0.05, 0) is 19.3 Å². The Morgan fingerprint density at radius 3 is 3.00 bits per heavy atom. The van der Waals surface area contributed by atoms with Crippen LogP contribution < -0.4 is 0 Å². The van der Waals surface area contributed by atoms with Crippen molar-refractivity contribution in [3.05, 3.63) is 0 Å². The van der Waals surface area contributed by atoms with Crippen molar-refractivity contribution >= 4 is 0 Å². The summed E-state index contributed by atoms with van der Waals surface area (Å²) in [6.07, 6.45) is 7.32. The van der Waals surface area contributed by atoms with Crippen molar-refractivity contribution in [2.24, 2.45) is 0 Å². The van der Waals surface area contributed by atoms with Crippen LogP contribution in [0.3, 0.4) is 0 Å². The van der Waals surface area contributed by atoms with Gasteiger partial charge in [-0.25, -0.2) is 0 Å². The van der Waals surface area contributed by atoms with Gasteiger partial charge >= 0.3 is 0 Å². The fourth-order valence-electron chi connectivity index (χ4n) is 2.72. The van der Waals surface area contributed by atoms with Crippen molar-refractivity contribution in [2.45, 2.75) is 49.9 Å². The van der Waals surface area contributed by atoms with E-state index >= 15 is 0 Å². The Labute approximate surface area is 66.9 Å². The van der Waals surface area contributed by atoms with Crippen LogP contribution in [0.25, 0.3) is 0 Å². The van der Waals surface area contributed by atoms with Gasteiger partial charge in [-0.3, -0.25) is 0 Å². The second kappa shape index (κ2) is 1.99. The van der Waals surface area contributed by atoms with E-state index in [1.54, 1.807) is 0 Å². The highest BCUT2D eigenvalue weighted by Gasteiger charge is 2.63. The third-order valence-electron chi connectivity index (χ3n) is 3.38. The summed E-state index contributed by atoms with van der Waals surface area (Å²) in [4.78, 5) is 0. The molecule has 0 amide bonds. The van der Waals surface area contributed by atoms with Gasteiger partial charge < -0.3 is 9.47 Å². The fraction of sp³-hybridized carbons (Fsp3) is 1.00. The summed E-state index contributed by atoms with van der Waals surface area (Å²) in [5, 5.41) is 0. The highest BCUT2D eigenvalue weighted by molar-refractivity contribution is 5.11. The number of epoxide rings is 1. The van der Waals surface area contributed by atoms with E-state index in [9.17, 15) is 0 Å². The van der Waals surface area contributed by atoms with Gasteiger partial charge in [0.25, 0.3) is 0 Å². The van der Waals surface area contributed by atoms with E-state index in [0.29, 0.717) is 12.2 Å². The zero-order chi connectivity index (χ0) is 7.31. The molecular formula is C9H14O2. The van der Waals surface area contributed by atoms with Gasteiger partial charge in [-0.15, -0.1) is 0 Å². The molecule has 2 nitrogen and oxygen atoms in total. The first-order valence-electron chi connectivity index (χ1n) is 4.71. The quantitative estimate of drug-likeness (QED) is 0.493. The average molecular weight is 154 g/mol. The minimum absolute atomic E-state index is 0.219. The molecule has 2 saturated heterocycles. The van der Waals surface area contributed by atoms with Crippen molar-refractivity contribution in [1.29, 1.82) is 0 Å². The first-order valence-corrected chi connectivity index (χ1v) is 4.71. The zero-order valence-electron chi connectivity index (χ0n) is 6.71. The second-order valence-electron chi connectivity index (χ2n) is 3.96. The summed E-state index contributed by atoms with van der Waals surface area (Å²) in [6.45, 7) is 0.928. The van der Waals surface area contributed by atoms with Crippen LogP contribution in [0.5, 0.6) is 0 Å². The molecule has 0 aromatic heterocycles. The monoisotopic (exact) mass is 154 g/mol. The lowest BCUT2D eigenvalue weighted by Crippen LogP contribution is -2.41. The molecule has 0 N–H and O–H groups in total. The smallest absolute Gasteiger partial charge is 0.121 e. The molecule has 1 unspecified atom stereocenters. The number of rotatable bonds is 0. The minimum atomic E-state index is 0.219. The van der Waals surface area contributed by atoms with Gasteiger partial charge in [0.1, 0.15) is 5.60 Å². The van der Waals surface area contributed by atoms with Gasteiger partial charge in [-0.2, -0.15) is 0 Å². The predicted octanol–water partition coefficient (Wildman–Crippen LogP) is 1.49. The maximum atomic E-state index is 5.74. The third-order valence-corrected chi connectivity index (χ3v) is 3.38. The van der Waals surface area contributed by atoms with Crippen molar-refractivity contribution in [1.82, 2.24) is 0 Å². The largest absolute Gasteiger partial charge is 0.375 e. The summed E-state index contributed by atoms with van der Waals surface area (Å²) < 4.78 is 11.4. The Kier molecular flexibility index (Phi) is 1.16. The van der Waals surface area contributed by atoms with Crippen molar-refractivity contribution in [3.63, 3.8) is 0 Å². The minimum Gasteiger partial charge on any atom is -0.375 e. The third kappa shape index (κ3) is 0.744. The standard InChI is InChI=1S/C9H14O2/c1-2-5-9-7(3-1)10-6-4-8(9)11-9/h7-8H,1-6H2/t7-,8+,9?/m1/s1. The zero-order valence-corrected chi connectivity index (χ0v) is 6.71. The molecule has 0 radical (unpaired) electrons. The van der Waals surface area contributed by atoms with Crippen molar-refractivity contribution in [2.75, 3.05) is 6.61 Å². The first-order chi connectivity index (χ1) is 5.42. The summed E-state index contributed by atoms with van der Waals surface area (Å²) in [5.74, 6) is 0. The molecule has 2 heteroatoms. The van der Waals surface area contributed by atoms with Gasteiger partial charge in [0.15, 0.2) is 0 Å². The summed E-state index contributed by atoms with van der Waals surface area (Å²) in [7, 11) is 0. The van der Waals surface area contributed by atoms with E-state index in [1.807, 2.05) is 0 Å². The molecule has 0 aromatic rings. The summed E-state index contributed by atoms with van der Waals surface area (Å²) >= 11 is 0. The molecule has 1 spiro atoms. The lowest BCUT2D eigenvalue weighted by molar-refractivity contribution is -0.0344. The lowest BCUT2D eigenvalue weighted by atomic mass is 9.81. The molecule has 1 aliphatic carbocycles. The van der Waals surface area contributed by atoms with E-state index in [2.05, 4.69) is 0 Å². The van der Waals surface area contributed by atoms with Crippen LogP contribution >= 0.6 is 0 Å². The van der Waals surface area contributed by atoms with E-state index in [0.717, 1.165) is 13.0 Å². The van der Waals surface area contributed by atoms with Crippen LogP contribution in [0.1, 0.15) is 32.1 Å². The summed E-state index contributed by atoms with van der Waals surface area (Å²) in [5.41, 5.74) is 0.219. The molecule has 62 valence electrons. The Morgan fingerprint density at radius 1 is 1.09 bits per heavy atom. The van der Waals surface area contributed by atoms with Gasteiger partial charge in [0.05, 0.1) is 12.2 Å². The Morgan fingerprint density at radius 2 is 2.09 bits per heavy atom. The number of hydrogen-bond donors (Lipinski definition) is 0. The fourth-order valence-corrected chi connectivity index (χ4v) is 2.72. The van der Waals surface area contributed by atoms with Crippen LogP contribution in [0.15, 0.2) is 0 Å². The molecular weight excluding hydrogens is 140 g/mol. The number of hydrogen-bond acceptors (Lipinski definition) is 2. The van der Waals surface area contributed by atoms with Gasteiger partial charge in [-0.1, -0.05) is 12.8 Å². The van der Waals surface area contributed by atoms with Gasteiger partial charge in [0.2, 0.25) is 0 Å². The predicted molar refractivity (Wildman–Crippen MR) is 40.4 cm³/mol. The summed E-state index contributed by atoms with van der Waals surface area (Å²) in [6, 6.07) is 0. The molecule has 1 saturated carbocycles. The second-order valence-corrected chi connectivity index (χ2v) is 3.96. The van der Waals surface area contributed by atoms with Crippen molar-refractivity contribution in [3.8, 4) is 0 Å². The van der Waals surface area contributed by atoms with Crippen LogP contribution in [0.2, 0.25) is 0 Å². The highest BCUT2D eigenvalue weighted by atomic mass is 16.6. The molecule has 2 heterocycles. The van der Waals surface area contributed by atoms with Crippen LogP contribution in [-0.2, 0) is 9.47 Å². The molecule has 3 atom stereocenters. The Bertz CT molecular complexity index is 178. The lowest BCUT2D eigenvalue weighted by Gasteiger charge is -2.32. The van der Waals surface area contributed by atoms with E-state index in [1.165, 1.54) is 25.7 Å². The molecule has 3 fully saturated rings. The van der Waals surface area contributed by atoms with E-state index < -0.39 is 0 Å². The van der Waals surface area contributed by atoms with Crippen LogP contribution in [0, 0.1) is 0 Å². The molecule has 3 aliphatic rings. The highest BCUT2D eigenvalue weighted by Crippen LogP contribution is 2.53. The molecule has 3 rings (SSSR count). The van der Waals surface area contributed by atoms with Crippen molar-refractivity contribution < 1.29 is 9.47 Å². The SMILES string of the molecule is C1CCC23O[C@H]2CCO[C@@H]3C1. The normalized spacial score (nSPS) is 54.5. The molecule has 0 bridgehead atoms. The maximum Gasteiger partial charge on any atom is 0.121 e. The number of ether oxygens (including phenoxy) is 2. The first kappa shape index (κ1) is 6.44. The molecule has 11 heavy (non-hydrogen) atoms. The van der Waals surface area contributed by atoms with Gasteiger partial charge in [0, 0.05) is 6.61 Å². The van der Waals surface area contributed by atoms with E-state index in [-0.39, 0.29) is 5.60 Å². The Balaban J connectivity index is 1.84.